The third-order valence-electron chi connectivity index (χ3n) is 3.43. The van der Waals surface area contributed by atoms with Crippen LogP contribution in [0.4, 0.5) is 57.1 Å². The molecule has 0 radical (unpaired) electrons. The van der Waals surface area contributed by atoms with Crippen LogP contribution in [0, 0.1) is 0 Å². The minimum atomic E-state index is -7.86. The fourth-order valence-corrected chi connectivity index (χ4v) is 4.71. The van der Waals surface area contributed by atoms with Crippen molar-refractivity contribution in [2.24, 2.45) is 0 Å². The zero-order valence-electron chi connectivity index (χ0n) is 12.6. The molecule has 0 saturated heterocycles. The molecule has 0 aromatic carbocycles. The summed E-state index contributed by atoms with van der Waals surface area (Å²) in [5, 5.41) is 0. The molecule has 0 aliphatic heterocycles. The van der Waals surface area contributed by atoms with Crippen molar-refractivity contribution in [1.29, 1.82) is 0 Å². The van der Waals surface area contributed by atoms with Crippen LogP contribution in [0.2, 0.25) is 0 Å². The molecule has 0 bridgehead atoms. The predicted octanol–water partition coefficient (Wildman–Crippen LogP) is 7.94. The first-order chi connectivity index (χ1) is 12.1. The largest absolute Gasteiger partial charge is 0.460 e. The van der Waals surface area contributed by atoms with Crippen LogP contribution in [0.15, 0.2) is 13.6 Å². The van der Waals surface area contributed by atoms with E-state index in [1.54, 1.807) is 0 Å². The maximum Gasteiger partial charge on any atom is 0.460 e. The van der Waals surface area contributed by atoms with Crippen LogP contribution < -0.4 is 0 Å². The van der Waals surface area contributed by atoms with Crippen LogP contribution in [0.25, 0.3) is 0 Å². The van der Waals surface area contributed by atoms with Crippen molar-refractivity contribution in [1.82, 2.24) is 0 Å². The lowest BCUT2D eigenvalue weighted by atomic mass is 9.91. The van der Waals surface area contributed by atoms with Gasteiger partial charge < -0.3 is 0 Å². The van der Waals surface area contributed by atoms with Crippen molar-refractivity contribution in [3.8, 4) is 0 Å². The second kappa shape index (κ2) is 7.46. The molecule has 0 unspecified atom stereocenters. The summed E-state index contributed by atoms with van der Waals surface area (Å²) in [6, 6.07) is 1.09. The highest BCUT2D eigenvalue weighted by Gasteiger charge is 2.90. The smallest absolute Gasteiger partial charge is 0.200 e. The van der Waals surface area contributed by atoms with Gasteiger partial charge in [-0.25, -0.2) is 0 Å². The molecule has 0 nitrogen and oxygen atoms in total. The molecule has 0 N–H and O–H groups in total. The zero-order chi connectivity index (χ0) is 22.6. The van der Waals surface area contributed by atoms with Crippen molar-refractivity contribution in [2.45, 2.75) is 48.6 Å². The van der Waals surface area contributed by atoms with E-state index in [1.165, 1.54) is 0 Å². The Bertz CT molecular complexity index is 707. The van der Waals surface area contributed by atoms with Gasteiger partial charge in [-0.15, -0.1) is 11.3 Å². The summed E-state index contributed by atoms with van der Waals surface area (Å²) in [6.45, 7) is 0. The quantitative estimate of drug-likeness (QED) is 0.284. The van der Waals surface area contributed by atoms with Crippen molar-refractivity contribution < 1.29 is 57.1 Å². The number of halogens is 15. The molecule has 1 heterocycles. The molecule has 1 aromatic heterocycles. The van der Waals surface area contributed by atoms with E-state index in [-0.39, 0.29) is 13.1 Å². The Labute approximate surface area is 168 Å². The van der Waals surface area contributed by atoms with Gasteiger partial charge in [-0.3, -0.25) is 0 Å². The lowest BCUT2D eigenvalue weighted by Crippen LogP contribution is -2.70. The Morgan fingerprint density at radius 2 is 1.11 bits per heavy atom. The van der Waals surface area contributed by atoms with Gasteiger partial charge in [0, 0.05) is 6.42 Å². The van der Waals surface area contributed by atoms with Crippen molar-refractivity contribution in [2.75, 3.05) is 0 Å². The van der Waals surface area contributed by atoms with Gasteiger partial charge in [-0.1, -0.05) is 0 Å². The lowest BCUT2D eigenvalue weighted by Gasteiger charge is -2.39. The number of alkyl halides is 13. The highest BCUT2D eigenvalue weighted by Crippen LogP contribution is 2.60. The second-order valence-electron chi connectivity index (χ2n) is 5.35. The molecule has 164 valence electrons. The van der Waals surface area contributed by atoms with Crippen LogP contribution >= 0.6 is 43.2 Å². The van der Waals surface area contributed by atoms with Crippen molar-refractivity contribution in [3.63, 3.8) is 0 Å². The third-order valence-corrected chi connectivity index (χ3v) is 5.90. The Hall–Kier alpha value is -0.250. The molecular formula is C12H5Br2F13S. The number of hydrogen-bond donors (Lipinski definition) is 0. The normalized spacial score (nSPS) is 15.2. The van der Waals surface area contributed by atoms with E-state index in [0.717, 1.165) is 17.4 Å². The summed E-state index contributed by atoms with van der Waals surface area (Å²) in [4.78, 5) is 0. The Morgan fingerprint density at radius 3 is 1.46 bits per heavy atom. The summed E-state index contributed by atoms with van der Waals surface area (Å²) in [5.41, 5.74) is -0.150. The van der Waals surface area contributed by atoms with E-state index in [9.17, 15) is 57.1 Å². The molecule has 1 rings (SSSR count). The topological polar surface area (TPSA) is 0 Å². The highest BCUT2D eigenvalue weighted by atomic mass is 79.9. The summed E-state index contributed by atoms with van der Waals surface area (Å²) >= 11 is 6.56. The van der Waals surface area contributed by atoms with Gasteiger partial charge in [0.15, 0.2) is 0 Å². The van der Waals surface area contributed by atoms with E-state index in [1.807, 2.05) is 0 Å². The summed E-state index contributed by atoms with van der Waals surface area (Å²) in [5.74, 6) is -36.6. The third kappa shape index (κ3) is 4.01. The molecule has 0 fully saturated rings. The van der Waals surface area contributed by atoms with Crippen LogP contribution in [0.1, 0.15) is 12.0 Å². The zero-order valence-corrected chi connectivity index (χ0v) is 16.6. The minimum absolute atomic E-state index is 0.0826. The number of aryl methyl sites for hydroxylation is 1. The van der Waals surface area contributed by atoms with E-state index in [2.05, 4.69) is 31.9 Å². The maximum absolute atomic E-state index is 13.6. The van der Waals surface area contributed by atoms with Gasteiger partial charge in [-0.2, -0.15) is 57.1 Å². The van der Waals surface area contributed by atoms with Crippen LogP contribution in [0.5, 0.6) is 0 Å². The van der Waals surface area contributed by atoms with Crippen LogP contribution in [-0.4, -0.2) is 35.8 Å². The van der Waals surface area contributed by atoms with Crippen LogP contribution in [0.3, 0.4) is 0 Å². The van der Waals surface area contributed by atoms with E-state index < -0.39 is 48.6 Å². The number of rotatable bonds is 7. The fourth-order valence-electron chi connectivity index (χ4n) is 1.80. The highest BCUT2D eigenvalue weighted by molar-refractivity contribution is 9.12. The van der Waals surface area contributed by atoms with Crippen molar-refractivity contribution in [3.05, 3.63) is 19.2 Å². The molecule has 0 saturated carbocycles. The first-order valence-corrected chi connectivity index (χ1v) is 8.93. The first-order valence-electron chi connectivity index (χ1n) is 6.53. The molecule has 1 aromatic rings. The number of hydrogen-bond acceptors (Lipinski definition) is 1. The molecular weight excluding hydrogens is 583 g/mol. The summed E-state index contributed by atoms with van der Waals surface area (Å²) in [6.07, 6.45) is -10.8. The second-order valence-corrected chi connectivity index (χ2v) is 9.10. The van der Waals surface area contributed by atoms with Gasteiger partial charge in [0.25, 0.3) is 0 Å². The van der Waals surface area contributed by atoms with Gasteiger partial charge in [0.1, 0.15) is 0 Å². The van der Waals surface area contributed by atoms with E-state index in [4.69, 9.17) is 0 Å². The molecule has 0 amide bonds. The molecule has 0 aliphatic rings. The monoisotopic (exact) mass is 586 g/mol. The summed E-state index contributed by atoms with van der Waals surface area (Å²) < 4.78 is 169. The molecule has 0 atom stereocenters. The van der Waals surface area contributed by atoms with E-state index >= 15 is 0 Å². The average Bonchev–Trinajstić information content (AvgIpc) is 2.81. The van der Waals surface area contributed by atoms with Gasteiger partial charge in [0.2, 0.25) is 0 Å². The average molecular weight is 588 g/mol. The fraction of sp³-hybridized carbons (Fsp3) is 0.667. The Morgan fingerprint density at radius 1 is 0.679 bits per heavy atom. The standard InChI is InChI=1S/C12H5Br2F13S/c13-5-3-4(6(14)28-5)1-2-7(15,16)8(17,18)9(19,20)10(21,22)11(23,24)12(25,26)27/h3H,1-2H2. The molecule has 0 aliphatic carbocycles. The van der Waals surface area contributed by atoms with Crippen molar-refractivity contribution >= 4 is 43.2 Å². The first kappa shape index (κ1) is 25.8. The molecule has 0 spiro atoms. The predicted molar refractivity (Wildman–Crippen MR) is 78.8 cm³/mol. The Kier molecular flexibility index (Phi) is 6.87. The molecule has 28 heavy (non-hydrogen) atoms. The minimum Gasteiger partial charge on any atom is -0.200 e. The van der Waals surface area contributed by atoms with Gasteiger partial charge in [-0.05, 0) is 49.9 Å². The van der Waals surface area contributed by atoms with Crippen LogP contribution in [-0.2, 0) is 6.42 Å². The summed E-state index contributed by atoms with van der Waals surface area (Å²) in [7, 11) is 0. The van der Waals surface area contributed by atoms with Gasteiger partial charge in [0.05, 0.1) is 7.57 Å². The SMILES string of the molecule is FC(F)(F)C(F)(F)C(F)(F)C(F)(F)C(F)(F)C(F)(F)CCc1cc(Br)sc1Br. The van der Waals surface area contributed by atoms with Gasteiger partial charge >= 0.3 is 35.8 Å². The number of thiophene rings is 1. The maximum atomic E-state index is 13.6. The molecule has 16 heteroatoms. The van der Waals surface area contributed by atoms with E-state index in [0.29, 0.717) is 0 Å². The lowest BCUT2D eigenvalue weighted by molar-refractivity contribution is -0.440. The Balaban J connectivity index is 3.27.